The number of carbonyl (C=O) groups excluding carboxylic acids is 1. The highest BCUT2D eigenvalue weighted by Crippen LogP contribution is 2.40. The molecule has 0 bridgehead atoms. The molecule has 5 nitrogen and oxygen atoms in total. The average Bonchev–Trinajstić information content (AvgIpc) is 3.31. The highest BCUT2D eigenvalue weighted by molar-refractivity contribution is 7.90. The van der Waals surface area contributed by atoms with Crippen molar-refractivity contribution < 1.29 is 13.2 Å². The molecule has 0 heterocycles. The Morgan fingerprint density at radius 3 is 2.70 bits per heavy atom. The predicted molar refractivity (Wildman–Crippen MR) is 90.1 cm³/mol. The lowest BCUT2D eigenvalue weighted by Gasteiger charge is -2.36. The van der Waals surface area contributed by atoms with Gasteiger partial charge in [0.05, 0.1) is 11.8 Å². The topological polar surface area (TPSA) is 66.5 Å². The van der Waals surface area contributed by atoms with Crippen molar-refractivity contribution in [2.24, 2.45) is 0 Å². The summed E-state index contributed by atoms with van der Waals surface area (Å²) < 4.78 is 22.5. The van der Waals surface area contributed by atoms with E-state index in [1.807, 2.05) is 11.0 Å². The van der Waals surface area contributed by atoms with Crippen molar-refractivity contribution in [1.29, 1.82) is 0 Å². The molecule has 1 aromatic carbocycles. The summed E-state index contributed by atoms with van der Waals surface area (Å²) in [7, 11) is -3.06. The van der Waals surface area contributed by atoms with Gasteiger partial charge in [-0.15, -0.1) is 0 Å². The molecule has 0 radical (unpaired) electrons. The zero-order valence-corrected chi connectivity index (χ0v) is 14.3. The largest absolute Gasteiger partial charge is 0.337 e. The van der Waals surface area contributed by atoms with Crippen LogP contribution in [0.25, 0.3) is 0 Å². The van der Waals surface area contributed by atoms with Crippen LogP contribution in [0.2, 0.25) is 0 Å². The standard InChI is InChI=1S/C17H24N2O3S/c1-23(21,22)12-11-18-17(20)19(14-9-10-14)16-8-4-6-13-5-2-3-7-15(13)16/h2-3,5,7,14,16H,4,6,8-12H2,1H3,(H,18,20). The van der Waals surface area contributed by atoms with Crippen LogP contribution >= 0.6 is 0 Å². The number of carbonyl (C=O) groups is 1. The number of hydrogen-bond acceptors (Lipinski definition) is 3. The lowest BCUT2D eigenvalue weighted by atomic mass is 9.87. The number of rotatable bonds is 5. The van der Waals surface area contributed by atoms with E-state index in [2.05, 4.69) is 23.5 Å². The molecule has 1 atom stereocenters. The van der Waals surface area contributed by atoms with Gasteiger partial charge in [-0.25, -0.2) is 13.2 Å². The summed E-state index contributed by atoms with van der Waals surface area (Å²) in [5.74, 6) is -0.0154. The van der Waals surface area contributed by atoms with E-state index in [4.69, 9.17) is 0 Å². The number of fused-ring (bicyclic) bond motifs is 1. The molecule has 2 amide bonds. The van der Waals surface area contributed by atoms with Gasteiger partial charge < -0.3 is 10.2 Å². The summed E-state index contributed by atoms with van der Waals surface area (Å²) in [4.78, 5) is 14.6. The first-order valence-electron chi connectivity index (χ1n) is 8.27. The number of hydrogen-bond donors (Lipinski definition) is 1. The molecule has 1 saturated carbocycles. The lowest BCUT2D eigenvalue weighted by Crippen LogP contribution is -2.45. The first-order valence-corrected chi connectivity index (χ1v) is 10.3. The predicted octanol–water partition coefficient (Wildman–Crippen LogP) is 2.28. The van der Waals surface area contributed by atoms with E-state index >= 15 is 0 Å². The van der Waals surface area contributed by atoms with Gasteiger partial charge in [0, 0.05) is 18.8 Å². The Morgan fingerprint density at radius 2 is 2.00 bits per heavy atom. The third-order valence-electron chi connectivity index (χ3n) is 4.60. The lowest BCUT2D eigenvalue weighted by molar-refractivity contribution is 0.162. The van der Waals surface area contributed by atoms with Crippen LogP contribution in [0.4, 0.5) is 4.79 Å². The van der Waals surface area contributed by atoms with E-state index in [9.17, 15) is 13.2 Å². The zero-order valence-electron chi connectivity index (χ0n) is 13.5. The number of nitrogens with zero attached hydrogens (tertiary/aromatic N) is 1. The van der Waals surface area contributed by atoms with Gasteiger partial charge >= 0.3 is 6.03 Å². The second-order valence-electron chi connectivity index (χ2n) is 6.61. The highest BCUT2D eigenvalue weighted by Gasteiger charge is 2.39. The maximum absolute atomic E-state index is 12.6. The van der Waals surface area contributed by atoms with Gasteiger partial charge in [0.1, 0.15) is 9.84 Å². The van der Waals surface area contributed by atoms with Gasteiger partial charge in [0.2, 0.25) is 0 Å². The number of benzene rings is 1. The van der Waals surface area contributed by atoms with Gasteiger partial charge in [-0.2, -0.15) is 0 Å². The summed E-state index contributed by atoms with van der Waals surface area (Å²) in [5, 5.41) is 2.80. The number of aryl methyl sites for hydroxylation is 1. The molecule has 1 aromatic rings. The zero-order chi connectivity index (χ0) is 16.4. The minimum Gasteiger partial charge on any atom is -0.337 e. The van der Waals surface area contributed by atoms with Gasteiger partial charge in [-0.3, -0.25) is 0 Å². The van der Waals surface area contributed by atoms with Gasteiger partial charge in [-0.05, 0) is 43.2 Å². The molecule has 23 heavy (non-hydrogen) atoms. The maximum Gasteiger partial charge on any atom is 0.318 e. The fraction of sp³-hybridized carbons (Fsp3) is 0.588. The molecule has 0 aliphatic heterocycles. The number of urea groups is 1. The van der Waals surface area contributed by atoms with Crippen LogP contribution in [0.3, 0.4) is 0 Å². The SMILES string of the molecule is CS(=O)(=O)CCNC(=O)N(C1CC1)C1CCCc2ccccc21. The Bertz CT molecular complexity index is 683. The Labute approximate surface area is 138 Å². The average molecular weight is 336 g/mol. The minimum absolute atomic E-state index is 0.0154. The van der Waals surface area contributed by atoms with Crippen molar-refractivity contribution in [2.75, 3.05) is 18.6 Å². The van der Waals surface area contributed by atoms with E-state index in [0.717, 1.165) is 32.1 Å². The molecule has 1 N–H and O–H groups in total. The highest BCUT2D eigenvalue weighted by atomic mass is 32.2. The van der Waals surface area contributed by atoms with E-state index < -0.39 is 9.84 Å². The Morgan fingerprint density at radius 1 is 1.26 bits per heavy atom. The van der Waals surface area contributed by atoms with E-state index in [1.54, 1.807) is 0 Å². The van der Waals surface area contributed by atoms with Crippen LogP contribution in [0.1, 0.15) is 42.9 Å². The number of sulfone groups is 1. The first-order chi connectivity index (χ1) is 11.0. The van der Waals surface area contributed by atoms with Gasteiger partial charge in [-0.1, -0.05) is 24.3 Å². The molecule has 0 saturated heterocycles. The minimum atomic E-state index is -3.06. The molecule has 2 aliphatic carbocycles. The molecule has 0 aromatic heterocycles. The van der Waals surface area contributed by atoms with Crippen LogP contribution in [0, 0.1) is 0 Å². The van der Waals surface area contributed by atoms with Crippen molar-refractivity contribution in [2.45, 2.75) is 44.2 Å². The third kappa shape index (κ3) is 4.05. The van der Waals surface area contributed by atoms with E-state index in [-0.39, 0.29) is 24.4 Å². The van der Waals surface area contributed by atoms with Crippen LogP contribution in [0.15, 0.2) is 24.3 Å². The van der Waals surface area contributed by atoms with Gasteiger partial charge in [0.15, 0.2) is 0 Å². The van der Waals surface area contributed by atoms with Gasteiger partial charge in [0.25, 0.3) is 0 Å². The fourth-order valence-corrected chi connectivity index (χ4v) is 3.84. The summed E-state index contributed by atoms with van der Waals surface area (Å²) in [5.41, 5.74) is 2.59. The monoisotopic (exact) mass is 336 g/mol. The molecule has 0 spiro atoms. The second kappa shape index (κ2) is 6.51. The fourth-order valence-electron chi connectivity index (χ4n) is 3.37. The smallest absolute Gasteiger partial charge is 0.318 e. The van der Waals surface area contributed by atoms with Crippen molar-refractivity contribution >= 4 is 15.9 Å². The Hall–Kier alpha value is -1.56. The molecule has 3 rings (SSSR count). The normalized spacial score (nSPS) is 20.7. The van der Waals surface area contributed by atoms with Crippen molar-refractivity contribution in [3.05, 3.63) is 35.4 Å². The van der Waals surface area contributed by atoms with E-state index in [1.165, 1.54) is 17.4 Å². The molecule has 126 valence electrons. The Kier molecular flexibility index (Phi) is 4.62. The molecule has 1 fully saturated rings. The third-order valence-corrected chi connectivity index (χ3v) is 5.54. The number of nitrogens with one attached hydrogen (secondary N) is 1. The van der Waals surface area contributed by atoms with Crippen LogP contribution in [-0.2, 0) is 16.3 Å². The van der Waals surface area contributed by atoms with E-state index in [0.29, 0.717) is 6.04 Å². The first kappa shape index (κ1) is 16.3. The summed E-state index contributed by atoms with van der Waals surface area (Å²) in [6.45, 7) is 0.176. The summed E-state index contributed by atoms with van der Waals surface area (Å²) >= 11 is 0. The molecule has 2 aliphatic rings. The quantitative estimate of drug-likeness (QED) is 0.897. The molecule has 6 heteroatoms. The van der Waals surface area contributed by atoms with Crippen molar-refractivity contribution in [3.63, 3.8) is 0 Å². The number of amides is 2. The van der Waals surface area contributed by atoms with Crippen LogP contribution in [-0.4, -0.2) is 43.9 Å². The Balaban J connectivity index is 1.74. The molecule has 1 unspecified atom stereocenters. The van der Waals surface area contributed by atoms with Crippen molar-refractivity contribution in [1.82, 2.24) is 10.2 Å². The molecular formula is C17H24N2O3S. The maximum atomic E-state index is 12.6. The van der Waals surface area contributed by atoms with Crippen LogP contribution in [0.5, 0.6) is 0 Å². The molecular weight excluding hydrogens is 312 g/mol. The van der Waals surface area contributed by atoms with Crippen molar-refractivity contribution in [3.8, 4) is 0 Å². The second-order valence-corrected chi connectivity index (χ2v) is 8.87. The summed E-state index contributed by atoms with van der Waals surface area (Å²) in [6, 6.07) is 8.64. The summed E-state index contributed by atoms with van der Waals surface area (Å²) in [6.07, 6.45) is 6.40. The van der Waals surface area contributed by atoms with Crippen LogP contribution < -0.4 is 5.32 Å².